The van der Waals surface area contributed by atoms with Gasteiger partial charge in [-0.25, -0.2) is 4.79 Å². The summed E-state index contributed by atoms with van der Waals surface area (Å²) in [6, 6.07) is 6.34. The first-order valence-corrected chi connectivity index (χ1v) is 4.23. The van der Waals surface area contributed by atoms with Crippen molar-refractivity contribution in [3.05, 3.63) is 24.3 Å². The zero-order valence-corrected chi connectivity index (χ0v) is 7.88. The van der Waals surface area contributed by atoms with Crippen LogP contribution >= 0.6 is 0 Å². The second kappa shape index (κ2) is 5.64. The van der Waals surface area contributed by atoms with Crippen LogP contribution in [0, 0.1) is 0 Å². The van der Waals surface area contributed by atoms with Gasteiger partial charge >= 0.3 is 5.97 Å². The van der Waals surface area contributed by atoms with E-state index in [1.54, 1.807) is 24.3 Å². The van der Waals surface area contributed by atoms with Gasteiger partial charge < -0.3 is 14.6 Å². The van der Waals surface area contributed by atoms with E-state index >= 15 is 0 Å². The first kappa shape index (κ1) is 11.0. The summed E-state index contributed by atoms with van der Waals surface area (Å²) in [5.74, 6) is -0.0584. The van der Waals surface area contributed by atoms with Crippen LogP contribution < -0.4 is 9.47 Å². The monoisotopic (exact) mass is 210 g/mol. The van der Waals surface area contributed by atoms with Gasteiger partial charge in [-0.1, -0.05) is 0 Å². The van der Waals surface area contributed by atoms with Crippen LogP contribution in [0.4, 0.5) is 0 Å². The lowest BCUT2D eigenvalue weighted by atomic mass is 10.3. The lowest BCUT2D eigenvalue weighted by molar-refractivity contribution is -0.139. The average Bonchev–Trinajstić information content (AvgIpc) is 2.25. The lowest BCUT2D eigenvalue weighted by Gasteiger charge is -2.04. The summed E-state index contributed by atoms with van der Waals surface area (Å²) in [4.78, 5) is 20.2. The highest BCUT2D eigenvalue weighted by Crippen LogP contribution is 2.17. The summed E-state index contributed by atoms with van der Waals surface area (Å²) in [5.41, 5.74) is 0. The Morgan fingerprint density at radius 3 is 2.20 bits per heavy atom. The summed E-state index contributed by atoms with van der Waals surface area (Å²) in [6.07, 6.45) is 0.648. The summed E-state index contributed by atoms with van der Waals surface area (Å²) in [6.45, 7) is -0.385. The van der Waals surface area contributed by atoms with Gasteiger partial charge in [-0.2, -0.15) is 0 Å². The number of ether oxygens (including phenoxy) is 2. The Labute approximate surface area is 86.2 Å². The van der Waals surface area contributed by atoms with E-state index < -0.39 is 5.97 Å². The highest BCUT2D eigenvalue weighted by molar-refractivity contribution is 5.68. The molecule has 0 radical (unpaired) electrons. The second-order valence-corrected chi connectivity index (χ2v) is 2.63. The van der Waals surface area contributed by atoms with Gasteiger partial charge in [-0.05, 0) is 24.3 Å². The molecular formula is C10H10O5. The molecule has 5 nitrogen and oxygen atoms in total. The number of carbonyl (C=O) groups excluding carboxylic acids is 1. The number of aldehydes is 1. The predicted octanol–water partition coefficient (Wildman–Crippen LogP) is 0.728. The maximum absolute atomic E-state index is 10.2. The molecule has 5 heteroatoms. The molecule has 0 aliphatic rings. The molecule has 1 aromatic carbocycles. The number of benzene rings is 1. The SMILES string of the molecule is O=CCOc1ccc(OCC(=O)O)cc1. The van der Waals surface area contributed by atoms with Crippen LogP contribution in [0.25, 0.3) is 0 Å². The van der Waals surface area contributed by atoms with Crippen LogP contribution in [0.5, 0.6) is 11.5 Å². The fourth-order valence-electron chi connectivity index (χ4n) is 0.907. The number of hydrogen-bond acceptors (Lipinski definition) is 4. The standard InChI is InChI=1S/C10H10O5/c11-5-6-14-8-1-3-9(4-2-8)15-7-10(12)13/h1-5H,6-7H2,(H,12,13). The molecule has 80 valence electrons. The summed E-state index contributed by atoms with van der Waals surface area (Å²) < 4.78 is 9.90. The van der Waals surface area contributed by atoms with E-state index in [0.717, 1.165) is 0 Å². The molecule has 0 aromatic heterocycles. The number of rotatable bonds is 6. The van der Waals surface area contributed by atoms with Gasteiger partial charge in [0.2, 0.25) is 0 Å². The Kier molecular flexibility index (Phi) is 4.15. The quantitative estimate of drug-likeness (QED) is 0.700. The van der Waals surface area contributed by atoms with E-state index in [1.807, 2.05) is 0 Å². The smallest absolute Gasteiger partial charge is 0.341 e. The van der Waals surface area contributed by atoms with Crippen molar-refractivity contribution in [3.8, 4) is 11.5 Å². The molecule has 0 atom stereocenters. The number of carboxylic acid groups (broad SMARTS) is 1. The zero-order chi connectivity index (χ0) is 11.1. The van der Waals surface area contributed by atoms with Gasteiger partial charge in [-0.3, -0.25) is 4.79 Å². The minimum Gasteiger partial charge on any atom is -0.486 e. The number of hydrogen-bond donors (Lipinski definition) is 1. The van der Waals surface area contributed by atoms with Crippen molar-refractivity contribution in [2.24, 2.45) is 0 Å². The minimum atomic E-state index is -1.03. The average molecular weight is 210 g/mol. The molecule has 0 bridgehead atoms. The molecule has 15 heavy (non-hydrogen) atoms. The summed E-state index contributed by atoms with van der Waals surface area (Å²) >= 11 is 0. The molecule has 0 spiro atoms. The number of aliphatic carboxylic acids is 1. The third-order valence-corrected chi connectivity index (χ3v) is 1.50. The fourth-order valence-corrected chi connectivity index (χ4v) is 0.907. The van der Waals surface area contributed by atoms with Crippen molar-refractivity contribution in [1.29, 1.82) is 0 Å². The highest BCUT2D eigenvalue weighted by Gasteiger charge is 1.99. The van der Waals surface area contributed by atoms with Crippen LogP contribution in [-0.4, -0.2) is 30.6 Å². The Morgan fingerprint density at radius 2 is 1.73 bits per heavy atom. The molecule has 1 N–H and O–H groups in total. The molecule has 0 fully saturated rings. The van der Waals surface area contributed by atoms with Gasteiger partial charge in [0.15, 0.2) is 12.9 Å². The van der Waals surface area contributed by atoms with Crippen LogP contribution in [0.15, 0.2) is 24.3 Å². The van der Waals surface area contributed by atoms with Gasteiger partial charge in [0.05, 0.1) is 0 Å². The third kappa shape index (κ3) is 4.12. The van der Waals surface area contributed by atoms with E-state index in [0.29, 0.717) is 17.8 Å². The number of carboxylic acids is 1. The fraction of sp³-hybridized carbons (Fsp3) is 0.200. The maximum atomic E-state index is 10.2. The van der Waals surface area contributed by atoms with Gasteiger partial charge in [-0.15, -0.1) is 0 Å². The summed E-state index contributed by atoms with van der Waals surface area (Å²) in [5, 5.41) is 8.36. The van der Waals surface area contributed by atoms with Crippen molar-refractivity contribution in [2.75, 3.05) is 13.2 Å². The Hall–Kier alpha value is -2.04. The lowest BCUT2D eigenvalue weighted by Crippen LogP contribution is -2.09. The van der Waals surface area contributed by atoms with Gasteiger partial charge in [0, 0.05) is 0 Å². The summed E-state index contributed by atoms with van der Waals surface area (Å²) in [7, 11) is 0. The molecule has 0 heterocycles. The Bertz CT molecular complexity index is 330. The van der Waals surface area contributed by atoms with E-state index in [9.17, 15) is 9.59 Å². The van der Waals surface area contributed by atoms with Crippen molar-refractivity contribution < 1.29 is 24.2 Å². The first-order chi connectivity index (χ1) is 7.22. The predicted molar refractivity (Wildman–Crippen MR) is 51.1 cm³/mol. The van der Waals surface area contributed by atoms with Gasteiger partial charge in [0.25, 0.3) is 0 Å². The van der Waals surface area contributed by atoms with Crippen molar-refractivity contribution in [3.63, 3.8) is 0 Å². The second-order valence-electron chi connectivity index (χ2n) is 2.63. The molecule has 0 aliphatic heterocycles. The number of carbonyl (C=O) groups is 2. The van der Waals surface area contributed by atoms with Crippen LogP contribution in [-0.2, 0) is 9.59 Å². The molecule has 0 saturated carbocycles. The normalized spacial score (nSPS) is 9.33. The molecule has 0 aliphatic carbocycles. The van der Waals surface area contributed by atoms with Crippen LogP contribution in [0.3, 0.4) is 0 Å². The van der Waals surface area contributed by atoms with Gasteiger partial charge in [0.1, 0.15) is 18.1 Å². The Morgan fingerprint density at radius 1 is 1.20 bits per heavy atom. The van der Waals surface area contributed by atoms with Crippen LogP contribution in [0.1, 0.15) is 0 Å². The highest BCUT2D eigenvalue weighted by atomic mass is 16.5. The van der Waals surface area contributed by atoms with E-state index in [4.69, 9.17) is 14.6 Å². The molecular weight excluding hydrogens is 200 g/mol. The molecule has 1 rings (SSSR count). The zero-order valence-electron chi connectivity index (χ0n) is 7.88. The van der Waals surface area contributed by atoms with Crippen molar-refractivity contribution >= 4 is 12.3 Å². The largest absolute Gasteiger partial charge is 0.486 e. The molecule has 1 aromatic rings. The van der Waals surface area contributed by atoms with E-state index in [-0.39, 0.29) is 13.2 Å². The minimum absolute atomic E-state index is 0.00463. The van der Waals surface area contributed by atoms with Crippen molar-refractivity contribution in [1.82, 2.24) is 0 Å². The van der Waals surface area contributed by atoms with E-state index in [2.05, 4.69) is 0 Å². The molecule has 0 saturated heterocycles. The molecule has 0 unspecified atom stereocenters. The third-order valence-electron chi connectivity index (χ3n) is 1.50. The van der Waals surface area contributed by atoms with Crippen molar-refractivity contribution in [2.45, 2.75) is 0 Å². The van der Waals surface area contributed by atoms with E-state index in [1.165, 1.54) is 0 Å². The topological polar surface area (TPSA) is 72.8 Å². The Balaban J connectivity index is 2.48. The first-order valence-electron chi connectivity index (χ1n) is 4.23. The maximum Gasteiger partial charge on any atom is 0.341 e. The van der Waals surface area contributed by atoms with Crippen LogP contribution in [0.2, 0.25) is 0 Å². The molecule has 0 amide bonds.